The molecular formula is C14H19N3O4. The van der Waals surface area contributed by atoms with E-state index in [-0.39, 0.29) is 18.7 Å². The second kappa shape index (κ2) is 6.53. The lowest BCUT2D eigenvalue weighted by Gasteiger charge is -2.24. The fourth-order valence-corrected chi connectivity index (χ4v) is 2.41. The van der Waals surface area contributed by atoms with E-state index < -0.39 is 18.0 Å². The van der Waals surface area contributed by atoms with Crippen molar-refractivity contribution in [2.24, 2.45) is 0 Å². The quantitative estimate of drug-likeness (QED) is 0.865. The van der Waals surface area contributed by atoms with Gasteiger partial charge >= 0.3 is 12.0 Å². The zero-order valence-electron chi connectivity index (χ0n) is 12.0. The molecule has 7 nitrogen and oxygen atoms in total. The van der Waals surface area contributed by atoms with Gasteiger partial charge in [0.25, 0.3) is 0 Å². The Morgan fingerprint density at radius 3 is 2.90 bits per heavy atom. The molecule has 0 aliphatic carbocycles. The molecule has 1 aromatic rings. The number of nitrogens with zero attached hydrogens (tertiary/aromatic N) is 2. The number of nitrogens with one attached hydrogen (secondary N) is 1. The summed E-state index contributed by atoms with van der Waals surface area (Å²) in [4.78, 5) is 28.8. The van der Waals surface area contributed by atoms with Crippen LogP contribution in [0.25, 0.3) is 0 Å². The number of amides is 2. The number of carbonyl (C=O) groups excluding carboxylic acids is 1. The number of carboxylic acids is 1. The van der Waals surface area contributed by atoms with Gasteiger partial charge in [0.05, 0.1) is 12.1 Å². The Morgan fingerprint density at radius 2 is 2.33 bits per heavy atom. The van der Waals surface area contributed by atoms with Crippen molar-refractivity contribution in [1.29, 1.82) is 0 Å². The molecule has 2 amide bonds. The van der Waals surface area contributed by atoms with Crippen LogP contribution in [0.2, 0.25) is 0 Å². The first kappa shape index (κ1) is 15.2. The first-order valence-corrected chi connectivity index (χ1v) is 6.75. The molecule has 114 valence electrons. The van der Waals surface area contributed by atoms with Gasteiger partial charge in [-0.3, -0.25) is 4.98 Å². The van der Waals surface area contributed by atoms with Gasteiger partial charge in [0.1, 0.15) is 6.04 Å². The zero-order valence-corrected chi connectivity index (χ0v) is 12.0. The van der Waals surface area contributed by atoms with Crippen LogP contribution in [0.15, 0.2) is 24.5 Å². The van der Waals surface area contributed by atoms with Crippen LogP contribution in [-0.4, -0.2) is 52.8 Å². The maximum atomic E-state index is 12.3. The van der Waals surface area contributed by atoms with Gasteiger partial charge in [0, 0.05) is 32.5 Å². The third-order valence-electron chi connectivity index (χ3n) is 3.67. The van der Waals surface area contributed by atoms with Gasteiger partial charge in [-0.1, -0.05) is 6.07 Å². The molecular weight excluding hydrogens is 274 g/mol. The summed E-state index contributed by atoms with van der Waals surface area (Å²) < 4.78 is 5.17. The average molecular weight is 293 g/mol. The topological polar surface area (TPSA) is 91.8 Å². The highest BCUT2D eigenvalue weighted by molar-refractivity contribution is 5.83. The third kappa shape index (κ3) is 3.49. The molecule has 0 radical (unpaired) electrons. The number of rotatable bonds is 4. The van der Waals surface area contributed by atoms with Gasteiger partial charge in [0.15, 0.2) is 0 Å². The van der Waals surface area contributed by atoms with Crippen LogP contribution in [0.1, 0.15) is 24.9 Å². The summed E-state index contributed by atoms with van der Waals surface area (Å²) in [7, 11) is 1.52. The summed E-state index contributed by atoms with van der Waals surface area (Å²) in [6.45, 7) is 2.10. The van der Waals surface area contributed by atoms with E-state index in [1.54, 1.807) is 18.5 Å². The predicted molar refractivity (Wildman–Crippen MR) is 74.7 cm³/mol. The van der Waals surface area contributed by atoms with E-state index >= 15 is 0 Å². The molecule has 0 bridgehead atoms. The van der Waals surface area contributed by atoms with Crippen LogP contribution < -0.4 is 5.32 Å². The molecule has 2 rings (SSSR count). The lowest BCUT2D eigenvalue weighted by Crippen LogP contribution is -2.46. The van der Waals surface area contributed by atoms with Gasteiger partial charge in [0.2, 0.25) is 0 Å². The van der Waals surface area contributed by atoms with Crippen molar-refractivity contribution < 1.29 is 19.4 Å². The molecule has 0 spiro atoms. The summed E-state index contributed by atoms with van der Waals surface area (Å²) in [5, 5.41) is 12.0. The van der Waals surface area contributed by atoms with Gasteiger partial charge < -0.3 is 20.1 Å². The minimum absolute atomic E-state index is 0.245. The van der Waals surface area contributed by atoms with Crippen molar-refractivity contribution in [2.45, 2.75) is 31.5 Å². The number of hydrogen-bond acceptors (Lipinski definition) is 4. The molecule has 0 aromatic carbocycles. The largest absolute Gasteiger partial charge is 0.480 e. The Kier molecular flexibility index (Phi) is 4.74. The molecule has 21 heavy (non-hydrogen) atoms. The fourth-order valence-electron chi connectivity index (χ4n) is 2.41. The van der Waals surface area contributed by atoms with Crippen LogP contribution in [0.4, 0.5) is 4.79 Å². The fraction of sp³-hybridized carbons (Fsp3) is 0.500. The maximum Gasteiger partial charge on any atom is 0.326 e. The molecule has 0 saturated carbocycles. The van der Waals surface area contributed by atoms with Crippen molar-refractivity contribution in [3.63, 3.8) is 0 Å². The predicted octanol–water partition coefficient (Wildman–Crippen LogP) is 1.03. The van der Waals surface area contributed by atoms with E-state index in [9.17, 15) is 14.7 Å². The molecule has 1 aliphatic rings. The van der Waals surface area contributed by atoms with E-state index in [0.29, 0.717) is 6.42 Å². The minimum atomic E-state index is -1.02. The van der Waals surface area contributed by atoms with Crippen LogP contribution >= 0.6 is 0 Å². The number of methoxy groups -OCH3 is 1. The molecule has 1 saturated heterocycles. The van der Waals surface area contributed by atoms with E-state index in [4.69, 9.17) is 4.74 Å². The number of aromatic nitrogens is 1. The number of likely N-dealkylation sites (tertiary alicyclic amines) is 1. The van der Waals surface area contributed by atoms with Gasteiger partial charge in [-0.2, -0.15) is 0 Å². The maximum absolute atomic E-state index is 12.3. The van der Waals surface area contributed by atoms with Crippen molar-refractivity contribution in [3.8, 4) is 0 Å². The molecule has 1 aromatic heterocycles. The zero-order chi connectivity index (χ0) is 15.4. The summed E-state index contributed by atoms with van der Waals surface area (Å²) in [5.41, 5.74) is 0.861. The summed E-state index contributed by atoms with van der Waals surface area (Å²) in [6, 6.07) is 2.14. The summed E-state index contributed by atoms with van der Waals surface area (Å²) >= 11 is 0. The lowest BCUT2D eigenvalue weighted by molar-refractivity contribution is -0.141. The number of pyridine rings is 1. The van der Waals surface area contributed by atoms with Gasteiger partial charge in [-0.25, -0.2) is 9.59 Å². The number of hydrogen-bond donors (Lipinski definition) is 2. The number of urea groups is 1. The first-order chi connectivity index (χ1) is 10.0. The second-order valence-corrected chi connectivity index (χ2v) is 5.06. The Bertz CT molecular complexity index is 508. The van der Waals surface area contributed by atoms with Crippen LogP contribution in [0.5, 0.6) is 0 Å². The lowest BCUT2D eigenvalue weighted by atomic mass is 10.1. The average Bonchev–Trinajstić information content (AvgIpc) is 2.92. The Labute approximate surface area is 122 Å². The molecule has 7 heteroatoms. The monoisotopic (exact) mass is 293 g/mol. The van der Waals surface area contributed by atoms with Crippen LogP contribution in [-0.2, 0) is 9.53 Å². The van der Waals surface area contributed by atoms with E-state index in [1.165, 1.54) is 12.0 Å². The van der Waals surface area contributed by atoms with Crippen molar-refractivity contribution >= 4 is 12.0 Å². The number of carboxylic acid groups (broad SMARTS) is 1. The smallest absolute Gasteiger partial charge is 0.326 e. The SMILES string of the molecule is COC1CC(C(=O)O)N(C(=O)NC(C)c2cccnc2)C1. The third-order valence-corrected chi connectivity index (χ3v) is 3.67. The minimum Gasteiger partial charge on any atom is -0.480 e. The highest BCUT2D eigenvalue weighted by Crippen LogP contribution is 2.21. The number of carbonyl (C=O) groups is 2. The Balaban J connectivity index is 2.03. The second-order valence-electron chi connectivity index (χ2n) is 5.06. The van der Waals surface area contributed by atoms with Crippen molar-refractivity contribution in [1.82, 2.24) is 15.2 Å². The highest BCUT2D eigenvalue weighted by atomic mass is 16.5. The molecule has 1 fully saturated rings. The van der Waals surface area contributed by atoms with Crippen molar-refractivity contribution in [3.05, 3.63) is 30.1 Å². The standard InChI is InChI=1S/C14H19N3O4/c1-9(10-4-3-5-15-7-10)16-14(20)17-8-11(21-2)6-12(17)13(18)19/h3-5,7,9,11-12H,6,8H2,1-2H3,(H,16,20)(H,18,19). The van der Waals surface area contributed by atoms with Gasteiger partial charge in [-0.05, 0) is 18.6 Å². The van der Waals surface area contributed by atoms with Crippen molar-refractivity contribution in [2.75, 3.05) is 13.7 Å². The highest BCUT2D eigenvalue weighted by Gasteiger charge is 2.40. The van der Waals surface area contributed by atoms with E-state index in [1.807, 2.05) is 13.0 Å². The normalized spacial score (nSPS) is 22.9. The molecule has 1 aliphatic heterocycles. The number of aliphatic carboxylic acids is 1. The van der Waals surface area contributed by atoms with Crippen LogP contribution in [0.3, 0.4) is 0 Å². The molecule has 2 N–H and O–H groups in total. The first-order valence-electron chi connectivity index (χ1n) is 6.75. The molecule has 2 heterocycles. The van der Waals surface area contributed by atoms with E-state index in [0.717, 1.165) is 5.56 Å². The molecule has 3 atom stereocenters. The van der Waals surface area contributed by atoms with Crippen LogP contribution in [0, 0.1) is 0 Å². The Morgan fingerprint density at radius 1 is 1.57 bits per heavy atom. The number of ether oxygens (including phenoxy) is 1. The summed E-state index contributed by atoms with van der Waals surface area (Å²) in [6.07, 6.45) is 3.38. The Hall–Kier alpha value is -2.15. The van der Waals surface area contributed by atoms with Gasteiger partial charge in [-0.15, -0.1) is 0 Å². The molecule has 3 unspecified atom stereocenters. The summed E-state index contributed by atoms with van der Waals surface area (Å²) in [5.74, 6) is -1.02. The van der Waals surface area contributed by atoms with E-state index in [2.05, 4.69) is 10.3 Å².